The van der Waals surface area contributed by atoms with Crippen LogP contribution in [-0.2, 0) is 26.1 Å². The number of H-pyrrole nitrogens is 1. The normalized spacial score (nSPS) is 14.1. The smallest absolute Gasteiger partial charge is 0.255 e. The van der Waals surface area contributed by atoms with Crippen LogP contribution in [0.4, 0.5) is 0 Å². The lowest BCUT2D eigenvalue weighted by Crippen LogP contribution is -2.35. The van der Waals surface area contributed by atoms with Crippen molar-refractivity contribution in [2.75, 3.05) is 13.2 Å². The molecule has 0 saturated carbocycles. The molecule has 31 heavy (non-hydrogen) atoms. The summed E-state index contributed by atoms with van der Waals surface area (Å²) in [7, 11) is 0. The number of aliphatic hydroxyl groups is 1. The van der Waals surface area contributed by atoms with E-state index in [1.165, 1.54) is 16.5 Å². The predicted octanol–water partition coefficient (Wildman–Crippen LogP) is 2.73. The van der Waals surface area contributed by atoms with Gasteiger partial charge in [0.25, 0.3) is 5.56 Å². The van der Waals surface area contributed by atoms with Crippen molar-refractivity contribution < 1.29 is 5.11 Å². The lowest BCUT2D eigenvalue weighted by Gasteiger charge is -2.27. The van der Waals surface area contributed by atoms with Gasteiger partial charge in [0.1, 0.15) is 5.69 Å². The maximum Gasteiger partial charge on any atom is 0.255 e. The van der Waals surface area contributed by atoms with E-state index in [2.05, 4.69) is 43.8 Å². The van der Waals surface area contributed by atoms with Crippen LogP contribution in [0.1, 0.15) is 23.2 Å². The quantitative estimate of drug-likeness (QED) is 0.506. The van der Waals surface area contributed by atoms with Gasteiger partial charge in [-0.1, -0.05) is 24.3 Å². The first-order chi connectivity index (χ1) is 15.2. The van der Waals surface area contributed by atoms with E-state index >= 15 is 0 Å². The lowest BCUT2D eigenvalue weighted by atomic mass is 10.1. The Morgan fingerprint density at radius 1 is 1.13 bits per heavy atom. The fourth-order valence-corrected chi connectivity index (χ4v) is 4.36. The summed E-state index contributed by atoms with van der Waals surface area (Å²) in [6.45, 7) is 3.17. The van der Waals surface area contributed by atoms with Crippen molar-refractivity contribution in [3.8, 4) is 11.5 Å². The zero-order valence-corrected chi connectivity index (χ0v) is 17.3. The van der Waals surface area contributed by atoms with E-state index in [9.17, 15) is 9.90 Å². The van der Waals surface area contributed by atoms with Crippen molar-refractivity contribution in [3.63, 3.8) is 0 Å². The predicted molar refractivity (Wildman–Crippen MR) is 120 cm³/mol. The van der Waals surface area contributed by atoms with E-state index in [0.29, 0.717) is 18.1 Å². The molecular weight excluding hydrogens is 390 g/mol. The van der Waals surface area contributed by atoms with Gasteiger partial charge < -0.3 is 14.7 Å². The van der Waals surface area contributed by atoms with E-state index in [1.807, 2.05) is 24.3 Å². The third-order valence-corrected chi connectivity index (χ3v) is 5.88. The van der Waals surface area contributed by atoms with Gasteiger partial charge in [-0.2, -0.15) is 0 Å². The second kappa shape index (κ2) is 8.45. The van der Waals surface area contributed by atoms with Crippen molar-refractivity contribution in [2.45, 2.75) is 32.5 Å². The number of pyridine rings is 1. The van der Waals surface area contributed by atoms with E-state index in [1.54, 1.807) is 6.20 Å². The number of para-hydroxylation sites is 1. The highest BCUT2D eigenvalue weighted by Gasteiger charge is 2.23. The second-order valence-electron chi connectivity index (χ2n) is 7.96. The average Bonchev–Trinajstić information content (AvgIpc) is 3.16. The Hall–Kier alpha value is -3.29. The molecule has 0 fully saturated rings. The molecule has 0 atom stereocenters. The fraction of sp³-hybridized carbons (Fsp3) is 0.292. The summed E-state index contributed by atoms with van der Waals surface area (Å²) in [5, 5.41) is 10.4. The van der Waals surface area contributed by atoms with Crippen molar-refractivity contribution in [1.29, 1.82) is 0 Å². The molecule has 4 heterocycles. The van der Waals surface area contributed by atoms with Crippen LogP contribution in [0, 0.1) is 0 Å². The summed E-state index contributed by atoms with van der Waals surface area (Å²) in [6.07, 6.45) is 5.35. The van der Waals surface area contributed by atoms with Crippen molar-refractivity contribution >= 4 is 10.9 Å². The van der Waals surface area contributed by atoms with Crippen LogP contribution in [0.3, 0.4) is 0 Å². The van der Waals surface area contributed by atoms with Gasteiger partial charge in [-0.15, -0.1) is 0 Å². The van der Waals surface area contributed by atoms with Crippen LogP contribution < -0.4 is 5.56 Å². The molecule has 158 valence electrons. The maximum atomic E-state index is 12.8. The number of nitrogens with one attached hydrogen (secondary N) is 1. The zero-order chi connectivity index (χ0) is 21.2. The maximum absolute atomic E-state index is 12.8. The number of fused-ring (bicyclic) bond motifs is 2. The number of aromatic amines is 1. The van der Waals surface area contributed by atoms with Crippen LogP contribution in [0.25, 0.3) is 22.4 Å². The highest BCUT2D eigenvalue weighted by Crippen LogP contribution is 2.25. The summed E-state index contributed by atoms with van der Waals surface area (Å²) in [4.78, 5) is 27.0. The lowest BCUT2D eigenvalue weighted by molar-refractivity contribution is 0.242. The Bertz CT molecular complexity index is 1260. The van der Waals surface area contributed by atoms with E-state index < -0.39 is 0 Å². The zero-order valence-electron chi connectivity index (χ0n) is 17.3. The molecule has 0 spiro atoms. The Balaban J connectivity index is 1.40. The van der Waals surface area contributed by atoms with Crippen molar-refractivity contribution in [1.82, 2.24) is 24.4 Å². The third kappa shape index (κ3) is 3.89. The fourth-order valence-electron chi connectivity index (χ4n) is 4.36. The van der Waals surface area contributed by atoms with Crippen LogP contribution in [0.15, 0.2) is 59.7 Å². The molecule has 5 rings (SSSR count). The van der Waals surface area contributed by atoms with Gasteiger partial charge in [-0.25, -0.2) is 4.98 Å². The minimum absolute atomic E-state index is 0.0827. The largest absolute Gasteiger partial charge is 0.396 e. The van der Waals surface area contributed by atoms with Gasteiger partial charge in [0.15, 0.2) is 5.82 Å². The minimum atomic E-state index is -0.0827. The molecule has 0 bridgehead atoms. The molecule has 0 unspecified atom stereocenters. The van der Waals surface area contributed by atoms with Crippen LogP contribution in [-0.4, -0.2) is 42.7 Å². The molecule has 1 aliphatic heterocycles. The monoisotopic (exact) mass is 415 g/mol. The first-order valence-corrected chi connectivity index (χ1v) is 10.7. The molecular formula is C24H25N5O2. The minimum Gasteiger partial charge on any atom is -0.396 e. The molecule has 0 amide bonds. The molecule has 0 radical (unpaired) electrons. The number of aromatic nitrogens is 4. The molecule has 7 nitrogen and oxygen atoms in total. The van der Waals surface area contributed by atoms with E-state index in [-0.39, 0.29) is 12.2 Å². The topological polar surface area (TPSA) is 87.0 Å². The molecule has 0 saturated heterocycles. The van der Waals surface area contributed by atoms with Gasteiger partial charge in [-0.3, -0.25) is 14.7 Å². The second-order valence-corrected chi connectivity index (χ2v) is 7.96. The summed E-state index contributed by atoms with van der Waals surface area (Å²) < 4.78 is 2.21. The first kappa shape index (κ1) is 19.7. The van der Waals surface area contributed by atoms with Gasteiger partial charge in [-0.05, 0) is 30.2 Å². The Labute approximate surface area is 180 Å². The number of aliphatic hydroxyl groups excluding tert-OH is 1. The van der Waals surface area contributed by atoms with Gasteiger partial charge in [0, 0.05) is 62.5 Å². The SMILES string of the molecule is O=c1[nH]c(-c2ccccn2)nc2c1CN(Cc1cn(CCCO)c3ccccc13)CC2. The van der Waals surface area contributed by atoms with E-state index in [0.717, 1.165) is 43.7 Å². The number of benzene rings is 1. The number of nitrogens with zero attached hydrogens (tertiary/aromatic N) is 4. The molecule has 7 heteroatoms. The summed E-state index contributed by atoms with van der Waals surface area (Å²) in [5.74, 6) is 0.532. The number of hydrogen-bond acceptors (Lipinski definition) is 5. The standard InChI is InChI=1S/C24H25N5O2/c30-13-5-11-29-15-17(18-6-1-2-8-22(18)29)14-28-12-9-20-19(16-28)24(31)27-23(26-20)21-7-3-4-10-25-21/h1-4,6-8,10,15,30H,5,9,11-14,16H2,(H,26,27,31). The number of rotatable bonds is 6. The number of aryl methyl sites for hydroxylation is 1. The summed E-state index contributed by atoms with van der Waals surface area (Å²) in [5.41, 5.74) is 4.64. The Morgan fingerprint density at radius 2 is 2.00 bits per heavy atom. The molecule has 3 aromatic heterocycles. The summed E-state index contributed by atoms with van der Waals surface area (Å²) in [6, 6.07) is 14.0. The van der Waals surface area contributed by atoms with E-state index in [4.69, 9.17) is 4.98 Å². The molecule has 1 aromatic carbocycles. The highest BCUT2D eigenvalue weighted by molar-refractivity contribution is 5.83. The van der Waals surface area contributed by atoms with Crippen LogP contribution in [0.2, 0.25) is 0 Å². The Kier molecular flexibility index (Phi) is 5.36. The van der Waals surface area contributed by atoms with Crippen molar-refractivity contribution in [2.24, 2.45) is 0 Å². The molecule has 4 aromatic rings. The van der Waals surface area contributed by atoms with Crippen LogP contribution >= 0.6 is 0 Å². The Morgan fingerprint density at radius 3 is 2.84 bits per heavy atom. The first-order valence-electron chi connectivity index (χ1n) is 10.7. The van der Waals surface area contributed by atoms with Gasteiger partial charge in [0.05, 0.1) is 11.3 Å². The molecule has 1 aliphatic rings. The third-order valence-electron chi connectivity index (χ3n) is 5.88. The number of hydrogen-bond donors (Lipinski definition) is 2. The van der Waals surface area contributed by atoms with Crippen LogP contribution in [0.5, 0.6) is 0 Å². The van der Waals surface area contributed by atoms with Gasteiger partial charge >= 0.3 is 0 Å². The molecule has 2 N–H and O–H groups in total. The average molecular weight is 415 g/mol. The summed E-state index contributed by atoms with van der Waals surface area (Å²) >= 11 is 0. The highest BCUT2D eigenvalue weighted by atomic mass is 16.3. The van der Waals surface area contributed by atoms with Gasteiger partial charge in [0.2, 0.25) is 0 Å². The molecule has 0 aliphatic carbocycles. The van der Waals surface area contributed by atoms with Crippen molar-refractivity contribution in [3.05, 3.63) is 82.0 Å².